The lowest BCUT2D eigenvalue weighted by Gasteiger charge is -2.12. The van der Waals surface area contributed by atoms with Crippen LogP contribution in [-0.2, 0) is 17.6 Å². The van der Waals surface area contributed by atoms with Crippen LogP contribution in [0.25, 0.3) is 0 Å². The Kier molecular flexibility index (Phi) is 3.86. The molecule has 19 heavy (non-hydrogen) atoms. The van der Waals surface area contributed by atoms with E-state index in [1.54, 1.807) is 6.07 Å². The zero-order chi connectivity index (χ0) is 13.8. The number of hydrogen-bond acceptors (Lipinski definition) is 2. The molecule has 2 N–H and O–H groups in total. The predicted molar refractivity (Wildman–Crippen MR) is 70.8 cm³/mol. The van der Waals surface area contributed by atoms with E-state index in [0.717, 1.165) is 19.3 Å². The van der Waals surface area contributed by atoms with Gasteiger partial charge in [-0.3, -0.25) is 4.79 Å². The maximum absolute atomic E-state index is 12.0. The first-order chi connectivity index (χ1) is 9.11. The topological polar surface area (TPSA) is 66.4 Å². The Balaban J connectivity index is 2.11. The van der Waals surface area contributed by atoms with E-state index >= 15 is 0 Å². The summed E-state index contributed by atoms with van der Waals surface area (Å²) in [7, 11) is 0. The Hall–Kier alpha value is -2.28. The second-order valence-corrected chi connectivity index (χ2v) is 4.61. The summed E-state index contributed by atoms with van der Waals surface area (Å²) in [6, 6.07) is 4.47. The quantitative estimate of drug-likeness (QED) is 0.801. The average molecular weight is 257 g/mol. The van der Waals surface area contributed by atoms with Crippen LogP contribution in [0.1, 0.15) is 34.3 Å². The Bertz CT molecular complexity index is 557. The molecule has 1 aromatic rings. The Labute approximate surface area is 111 Å². The van der Waals surface area contributed by atoms with Gasteiger partial charge in [-0.25, -0.2) is 4.79 Å². The Morgan fingerprint density at radius 1 is 1.37 bits per heavy atom. The fourth-order valence-corrected chi connectivity index (χ4v) is 2.27. The van der Waals surface area contributed by atoms with Gasteiger partial charge in [-0.15, -0.1) is 12.3 Å². The van der Waals surface area contributed by atoms with E-state index in [0.29, 0.717) is 5.56 Å². The molecule has 1 aliphatic rings. The number of hydrogen-bond donors (Lipinski definition) is 2. The van der Waals surface area contributed by atoms with Crippen molar-refractivity contribution in [3.8, 4) is 12.3 Å². The van der Waals surface area contributed by atoms with Crippen molar-refractivity contribution >= 4 is 11.9 Å². The van der Waals surface area contributed by atoms with Gasteiger partial charge >= 0.3 is 5.97 Å². The molecule has 0 saturated heterocycles. The van der Waals surface area contributed by atoms with Gasteiger partial charge in [0.1, 0.15) is 6.04 Å². The van der Waals surface area contributed by atoms with Gasteiger partial charge in [-0.2, -0.15) is 0 Å². The lowest BCUT2D eigenvalue weighted by Crippen LogP contribution is -2.40. The van der Waals surface area contributed by atoms with E-state index in [2.05, 4.69) is 11.2 Å². The molecule has 4 heteroatoms. The molecule has 1 amide bonds. The minimum atomic E-state index is -1.12. The smallest absolute Gasteiger partial charge is 0.327 e. The highest BCUT2D eigenvalue weighted by molar-refractivity contribution is 5.96. The van der Waals surface area contributed by atoms with E-state index in [9.17, 15) is 9.59 Å². The zero-order valence-corrected chi connectivity index (χ0v) is 10.5. The number of rotatable bonds is 4. The number of fused-ring (bicyclic) bond motifs is 1. The monoisotopic (exact) mass is 257 g/mol. The average Bonchev–Trinajstić information content (AvgIpc) is 2.85. The molecule has 1 unspecified atom stereocenters. The summed E-state index contributed by atoms with van der Waals surface area (Å²) in [6.07, 6.45) is 8.20. The van der Waals surface area contributed by atoms with E-state index in [1.165, 1.54) is 11.1 Å². The van der Waals surface area contributed by atoms with Crippen LogP contribution >= 0.6 is 0 Å². The molecule has 1 aromatic carbocycles. The SMILES string of the molecule is C#CCC(NC(=O)c1ccc2c(c1)CCC2)C(=O)O. The van der Waals surface area contributed by atoms with Crippen LogP contribution in [0.4, 0.5) is 0 Å². The molecule has 0 aliphatic heterocycles. The van der Waals surface area contributed by atoms with Gasteiger partial charge in [-0.05, 0) is 42.5 Å². The Morgan fingerprint density at radius 3 is 2.79 bits per heavy atom. The summed E-state index contributed by atoms with van der Waals surface area (Å²) >= 11 is 0. The normalized spacial score (nSPS) is 14.3. The molecule has 0 heterocycles. The maximum Gasteiger partial charge on any atom is 0.327 e. The largest absolute Gasteiger partial charge is 0.480 e. The van der Waals surface area contributed by atoms with Gasteiger partial charge in [0.25, 0.3) is 5.91 Å². The minimum Gasteiger partial charge on any atom is -0.480 e. The highest BCUT2D eigenvalue weighted by atomic mass is 16.4. The van der Waals surface area contributed by atoms with Crippen molar-refractivity contribution in [2.45, 2.75) is 31.7 Å². The van der Waals surface area contributed by atoms with Crippen LogP contribution in [0.5, 0.6) is 0 Å². The number of carbonyl (C=O) groups excluding carboxylic acids is 1. The zero-order valence-electron chi connectivity index (χ0n) is 10.5. The van der Waals surface area contributed by atoms with E-state index in [-0.39, 0.29) is 6.42 Å². The van der Waals surface area contributed by atoms with Crippen LogP contribution < -0.4 is 5.32 Å². The Morgan fingerprint density at radius 2 is 2.11 bits per heavy atom. The fourth-order valence-electron chi connectivity index (χ4n) is 2.27. The second kappa shape index (κ2) is 5.57. The van der Waals surface area contributed by atoms with E-state index < -0.39 is 17.9 Å². The highest BCUT2D eigenvalue weighted by Gasteiger charge is 2.20. The summed E-state index contributed by atoms with van der Waals surface area (Å²) in [5.74, 6) is 0.743. The molecule has 1 atom stereocenters. The number of aliphatic carboxylic acids is 1. The van der Waals surface area contributed by atoms with Gasteiger partial charge in [0.2, 0.25) is 0 Å². The number of amides is 1. The van der Waals surface area contributed by atoms with Crippen molar-refractivity contribution < 1.29 is 14.7 Å². The molecule has 0 fully saturated rings. The van der Waals surface area contributed by atoms with E-state index in [1.807, 2.05) is 12.1 Å². The molecular formula is C15H15NO3. The second-order valence-electron chi connectivity index (χ2n) is 4.61. The van der Waals surface area contributed by atoms with Gasteiger partial charge in [0.15, 0.2) is 0 Å². The number of carboxylic acid groups (broad SMARTS) is 1. The van der Waals surface area contributed by atoms with Gasteiger partial charge in [0.05, 0.1) is 0 Å². The first kappa shape index (κ1) is 13.2. The number of carboxylic acids is 1. The van der Waals surface area contributed by atoms with Crippen molar-refractivity contribution in [2.24, 2.45) is 0 Å². The van der Waals surface area contributed by atoms with Crippen LogP contribution in [0.3, 0.4) is 0 Å². The summed E-state index contributed by atoms with van der Waals surface area (Å²) in [6.45, 7) is 0. The molecule has 0 bridgehead atoms. The minimum absolute atomic E-state index is 0.0218. The molecule has 1 aliphatic carbocycles. The van der Waals surface area contributed by atoms with Crippen LogP contribution in [0.2, 0.25) is 0 Å². The molecular weight excluding hydrogens is 242 g/mol. The highest BCUT2D eigenvalue weighted by Crippen LogP contribution is 2.22. The predicted octanol–water partition coefficient (Wildman–Crippen LogP) is 1.38. The third-order valence-electron chi connectivity index (χ3n) is 3.29. The number of carbonyl (C=O) groups is 2. The third kappa shape index (κ3) is 2.94. The van der Waals surface area contributed by atoms with Crippen molar-refractivity contribution in [2.75, 3.05) is 0 Å². The lowest BCUT2D eigenvalue weighted by molar-refractivity contribution is -0.139. The first-order valence-corrected chi connectivity index (χ1v) is 6.20. The molecule has 0 radical (unpaired) electrons. The number of terminal acetylenes is 1. The van der Waals surface area contributed by atoms with Crippen molar-refractivity contribution in [3.05, 3.63) is 34.9 Å². The molecule has 0 spiro atoms. The number of benzene rings is 1. The molecule has 2 rings (SSSR count). The molecule has 0 aromatic heterocycles. The summed E-state index contributed by atoms with van der Waals surface area (Å²) in [5.41, 5.74) is 2.94. The van der Waals surface area contributed by atoms with Gasteiger partial charge < -0.3 is 10.4 Å². The first-order valence-electron chi connectivity index (χ1n) is 6.20. The van der Waals surface area contributed by atoms with Crippen molar-refractivity contribution in [1.82, 2.24) is 5.32 Å². The third-order valence-corrected chi connectivity index (χ3v) is 3.29. The van der Waals surface area contributed by atoms with Crippen LogP contribution in [-0.4, -0.2) is 23.0 Å². The fraction of sp³-hybridized carbons (Fsp3) is 0.333. The number of nitrogens with one attached hydrogen (secondary N) is 1. The van der Waals surface area contributed by atoms with Crippen molar-refractivity contribution in [3.63, 3.8) is 0 Å². The summed E-state index contributed by atoms with van der Waals surface area (Å²) in [5, 5.41) is 11.4. The summed E-state index contributed by atoms with van der Waals surface area (Å²) in [4.78, 5) is 22.9. The molecule has 98 valence electrons. The lowest BCUT2D eigenvalue weighted by atomic mass is 10.1. The maximum atomic E-state index is 12.0. The van der Waals surface area contributed by atoms with Crippen molar-refractivity contribution in [1.29, 1.82) is 0 Å². The van der Waals surface area contributed by atoms with Crippen LogP contribution in [0, 0.1) is 12.3 Å². The standard InChI is InChI=1S/C15H15NO3/c1-2-4-13(15(18)19)16-14(17)12-8-7-10-5-3-6-11(10)9-12/h1,7-9,13H,3-6H2,(H,16,17)(H,18,19). The number of aryl methyl sites for hydroxylation is 2. The van der Waals surface area contributed by atoms with Crippen LogP contribution in [0.15, 0.2) is 18.2 Å². The van der Waals surface area contributed by atoms with Gasteiger partial charge in [0, 0.05) is 12.0 Å². The van der Waals surface area contributed by atoms with E-state index in [4.69, 9.17) is 11.5 Å². The summed E-state index contributed by atoms with van der Waals surface area (Å²) < 4.78 is 0. The molecule has 0 saturated carbocycles. The van der Waals surface area contributed by atoms with Gasteiger partial charge in [-0.1, -0.05) is 6.07 Å². The molecule has 4 nitrogen and oxygen atoms in total.